The number of likely N-dealkylation sites (tertiary alicyclic amines) is 1. The zero-order valence-electron chi connectivity index (χ0n) is 14.3. The lowest BCUT2D eigenvalue weighted by atomic mass is 10.1. The summed E-state index contributed by atoms with van der Waals surface area (Å²) in [6.07, 6.45) is 1.28. The van der Waals surface area contributed by atoms with E-state index < -0.39 is 0 Å². The summed E-state index contributed by atoms with van der Waals surface area (Å²) < 4.78 is 16.4. The van der Waals surface area contributed by atoms with Crippen LogP contribution in [0.2, 0.25) is 0 Å². The second-order valence-corrected chi connectivity index (χ2v) is 6.46. The van der Waals surface area contributed by atoms with Gasteiger partial charge in [-0.05, 0) is 24.9 Å². The maximum atomic E-state index is 5.55. The molecule has 0 amide bonds. The molecule has 5 heteroatoms. The monoisotopic (exact) mass is 320 g/mol. The number of rotatable bonds is 6. The van der Waals surface area contributed by atoms with E-state index in [1.165, 1.54) is 18.5 Å². The molecule has 1 atom stereocenters. The van der Waals surface area contributed by atoms with Gasteiger partial charge in [-0.1, -0.05) is 12.1 Å². The van der Waals surface area contributed by atoms with Crippen LogP contribution < -0.4 is 9.47 Å². The average molecular weight is 320 g/mol. The van der Waals surface area contributed by atoms with Crippen LogP contribution in [-0.4, -0.2) is 70.0 Å². The molecule has 5 nitrogen and oxygen atoms in total. The molecule has 2 fully saturated rings. The van der Waals surface area contributed by atoms with E-state index in [9.17, 15) is 0 Å². The third-order valence-corrected chi connectivity index (χ3v) is 4.87. The standard InChI is InChI=1S/C18H28N2O3/c1-21-17-5-3-4-16(18(17)22-2)14-20-7-6-15(13-20)12-19-8-10-23-11-9-19/h3-5,15H,6-14H2,1-2H3/t15-/m0/s1. The Labute approximate surface area is 139 Å². The van der Waals surface area contributed by atoms with Crippen molar-refractivity contribution in [2.24, 2.45) is 5.92 Å². The molecule has 1 aromatic carbocycles. The van der Waals surface area contributed by atoms with Crippen LogP contribution in [0.4, 0.5) is 0 Å². The van der Waals surface area contributed by atoms with Crippen molar-refractivity contribution in [1.29, 1.82) is 0 Å². The summed E-state index contributed by atoms with van der Waals surface area (Å²) in [6, 6.07) is 6.13. The minimum Gasteiger partial charge on any atom is -0.493 e. The summed E-state index contributed by atoms with van der Waals surface area (Å²) in [5.41, 5.74) is 1.21. The van der Waals surface area contributed by atoms with Gasteiger partial charge in [-0.25, -0.2) is 0 Å². The number of morpholine rings is 1. The van der Waals surface area contributed by atoms with Crippen molar-refractivity contribution in [3.63, 3.8) is 0 Å². The minimum atomic E-state index is 0.768. The van der Waals surface area contributed by atoms with Crippen LogP contribution in [0.15, 0.2) is 18.2 Å². The van der Waals surface area contributed by atoms with Gasteiger partial charge >= 0.3 is 0 Å². The molecule has 2 heterocycles. The van der Waals surface area contributed by atoms with Gasteiger partial charge < -0.3 is 14.2 Å². The molecule has 0 saturated carbocycles. The third kappa shape index (κ3) is 4.16. The first-order valence-electron chi connectivity index (χ1n) is 8.52. The van der Waals surface area contributed by atoms with Crippen LogP contribution in [0.3, 0.4) is 0 Å². The third-order valence-electron chi connectivity index (χ3n) is 4.87. The van der Waals surface area contributed by atoms with E-state index in [1.54, 1.807) is 14.2 Å². The number of methoxy groups -OCH3 is 2. The summed E-state index contributed by atoms with van der Waals surface area (Å²) in [6.45, 7) is 8.40. The predicted molar refractivity (Wildman–Crippen MR) is 90.2 cm³/mol. The molecule has 0 unspecified atom stereocenters. The number of nitrogens with zero attached hydrogens (tertiary/aromatic N) is 2. The van der Waals surface area contributed by atoms with E-state index in [2.05, 4.69) is 15.9 Å². The number of benzene rings is 1. The van der Waals surface area contributed by atoms with Crippen LogP contribution in [0.25, 0.3) is 0 Å². The molecular weight excluding hydrogens is 292 g/mol. The van der Waals surface area contributed by atoms with Gasteiger partial charge in [0.05, 0.1) is 27.4 Å². The van der Waals surface area contributed by atoms with Crippen molar-refractivity contribution in [1.82, 2.24) is 9.80 Å². The summed E-state index contributed by atoms with van der Waals surface area (Å²) in [5.74, 6) is 2.45. The molecule has 0 radical (unpaired) electrons. The summed E-state index contributed by atoms with van der Waals surface area (Å²) in [5, 5.41) is 0. The predicted octanol–water partition coefficient (Wildman–Crippen LogP) is 1.86. The van der Waals surface area contributed by atoms with Gasteiger partial charge in [-0.3, -0.25) is 9.80 Å². The Morgan fingerprint density at radius 1 is 1.09 bits per heavy atom. The van der Waals surface area contributed by atoms with E-state index in [4.69, 9.17) is 14.2 Å². The van der Waals surface area contributed by atoms with Crippen molar-refractivity contribution in [3.05, 3.63) is 23.8 Å². The van der Waals surface area contributed by atoms with E-state index >= 15 is 0 Å². The van der Waals surface area contributed by atoms with Crippen LogP contribution in [0, 0.1) is 5.92 Å². The smallest absolute Gasteiger partial charge is 0.165 e. The Morgan fingerprint density at radius 3 is 2.65 bits per heavy atom. The van der Waals surface area contributed by atoms with Crippen molar-refractivity contribution < 1.29 is 14.2 Å². The topological polar surface area (TPSA) is 34.2 Å². The highest BCUT2D eigenvalue weighted by Gasteiger charge is 2.26. The molecule has 23 heavy (non-hydrogen) atoms. The van der Waals surface area contributed by atoms with Gasteiger partial charge in [0, 0.05) is 38.3 Å². The first-order valence-corrected chi connectivity index (χ1v) is 8.52. The van der Waals surface area contributed by atoms with Gasteiger partial charge in [0.2, 0.25) is 0 Å². The molecule has 2 saturated heterocycles. The van der Waals surface area contributed by atoms with E-state index in [-0.39, 0.29) is 0 Å². The Balaban J connectivity index is 1.55. The Hall–Kier alpha value is -1.30. The van der Waals surface area contributed by atoms with Crippen molar-refractivity contribution in [2.75, 3.05) is 60.2 Å². The Kier molecular flexibility index (Phi) is 5.75. The summed E-state index contributed by atoms with van der Waals surface area (Å²) >= 11 is 0. The zero-order chi connectivity index (χ0) is 16.1. The first kappa shape index (κ1) is 16.6. The molecule has 0 aromatic heterocycles. The lowest BCUT2D eigenvalue weighted by Crippen LogP contribution is -2.39. The quantitative estimate of drug-likeness (QED) is 0.799. The van der Waals surface area contributed by atoms with E-state index in [0.29, 0.717) is 0 Å². The van der Waals surface area contributed by atoms with Gasteiger partial charge in [0.1, 0.15) is 0 Å². The SMILES string of the molecule is COc1cccc(CN2CC[C@@H](CN3CCOCC3)C2)c1OC. The molecule has 128 valence electrons. The number of para-hydroxylation sites is 1. The molecule has 0 aliphatic carbocycles. The fourth-order valence-electron chi connectivity index (χ4n) is 3.67. The second kappa shape index (κ2) is 7.99. The van der Waals surface area contributed by atoms with Gasteiger partial charge in [0.15, 0.2) is 11.5 Å². The Bertz CT molecular complexity index is 503. The Morgan fingerprint density at radius 2 is 1.91 bits per heavy atom. The lowest BCUT2D eigenvalue weighted by Gasteiger charge is -2.29. The molecule has 1 aromatic rings. The van der Waals surface area contributed by atoms with Gasteiger partial charge in [0.25, 0.3) is 0 Å². The number of hydrogen-bond donors (Lipinski definition) is 0. The number of hydrogen-bond acceptors (Lipinski definition) is 5. The maximum absolute atomic E-state index is 5.55. The molecular formula is C18H28N2O3. The van der Waals surface area contributed by atoms with Crippen molar-refractivity contribution in [2.45, 2.75) is 13.0 Å². The zero-order valence-corrected chi connectivity index (χ0v) is 14.3. The molecule has 0 spiro atoms. The van der Waals surface area contributed by atoms with Crippen LogP contribution >= 0.6 is 0 Å². The molecule has 0 bridgehead atoms. The second-order valence-electron chi connectivity index (χ2n) is 6.46. The highest BCUT2D eigenvalue weighted by atomic mass is 16.5. The van der Waals surface area contributed by atoms with Crippen molar-refractivity contribution in [3.8, 4) is 11.5 Å². The highest BCUT2D eigenvalue weighted by Crippen LogP contribution is 2.32. The van der Waals surface area contributed by atoms with Crippen LogP contribution in [0.5, 0.6) is 11.5 Å². The van der Waals surface area contributed by atoms with Crippen LogP contribution in [0.1, 0.15) is 12.0 Å². The summed E-state index contributed by atoms with van der Waals surface area (Å²) in [7, 11) is 3.41. The van der Waals surface area contributed by atoms with Crippen molar-refractivity contribution >= 4 is 0 Å². The molecule has 2 aliphatic rings. The van der Waals surface area contributed by atoms with Crippen LogP contribution in [-0.2, 0) is 11.3 Å². The normalized spacial score (nSPS) is 23.1. The molecule has 0 N–H and O–H groups in total. The van der Waals surface area contributed by atoms with Gasteiger partial charge in [-0.2, -0.15) is 0 Å². The molecule has 3 rings (SSSR count). The fourth-order valence-corrected chi connectivity index (χ4v) is 3.67. The summed E-state index contributed by atoms with van der Waals surface area (Å²) in [4.78, 5) is 5.08. The first-order chi connectivity index (χ1) is 11.3. The molecule has 2 aliphatic heterocycles. The fraction of sp³-hybridized carbons (Fsp3) is 0.667. The average Bonchev–Trinajstić information content (AvgIpc) is 3.02. The number of ether oxygens (including phenoxy) is 3. The largest absolute Gasteiger partial charge is 0.493 e. The van der Waals surface area contributed by atoms with E-state index in [1.807, 2.05) is 12.1 Å². The highest BCUT2D eigenvalue weighted by molar-refractivity contribution is 5.46. The lowest BCUT2D eigenvalue weighted by molar-refractivity contribution is 0.0311. The maximum Gasteiger partial charge on any atom is 0.165 e. The van der Waals surface area contributed by atoms with Gasteiger partial charge in [-0.15, -0.1) is 0 Å². The van der Waals surface area contributed by atoms with E-state index in [0.717, 1.165) is 63.4 Å². The minimum absolute atomic E-state index is 0.768.